The van der Waals surface area contributed by atoms with E-state index in [0.29, 0.717) is 6.61 Å². The van der Waals surface area contributed by atoms with Crippen LogP contribution in [0.5, 0.6) is 0 Å². The van der Waals surface area contributed by atoms with Crippen molar-refractivity contribution >= 4 is 11.6 Å². The largest absolute Gasteiger partial charge is 0.355 e. The van der Waals surface area contributed by atoms with E-state index in [4.69, 9.17) is 4.74 Å². The highest BCUT2D eigenvalue weighted by Crippen LogP contribution is 2.17. The van der Waals surface area contributed by atoms with Gasteiger partial charge in [0.25, 0.3) is 0 Å². The standard InChI is InChI=1S/C8H10O3/c1-6(9)8(2)7(10)4-3-5-11-8/h3-4H,5H2,1-2H3. The van der Waals surface area contributed by atoms with Gasteiger partial charge in [-0.1, -0.05) is 6.08 Å². The zero-order valence-electron chi connectivity index (χ0n) is 6.59. The molecular weight excluding hydrogens is 144 g/mol. The normalized spacial score (nSPS) is 30.5. The van der Waals surface area contributed by atoms with Crippen molar-refractivity contribution in [3.63, 3.8) is 0 Å². The molecule has 60 valence electrons. The van der Waals surface area contributed by atoms with Crippen molar-refractivity contribution in [2.75, 3.05) is 6.61 Å². The highest BCUT2D eigenvalue weighted by atomic mass is 16.5. The first-order valence-electron chi connectivity index (χ1n) is 3.43. The van der Waals surface area contributed by atoms with Gasteiger partial charge in [-0.3, -0.25) is 9.59 Å². The Labute approximate surface area is 65.0 Å². The molecule has 0 aromatic carbocycles. The molecule has 0 N–H and O–H groups in total. The van der Waals surface area contributed by atoms with E-state index in [1.165, 1.54) is 19.9 Å². The topological polar surface area (TPSA) is 43.4 Å². The second kappa shape index (κ2) is 2.58. The number of carbonyl (C=O) groups is 2. The average Bonchev–Trinajstić information content (AvgIpc) is 1.95. The minimum absolute atomic E-state index is 0.244. The number of Topliss-reactive ketones (excluding diaryl/α,β-unsaturated/α-hetero) is 1. The Hall–Kier alpha value is -0.960. The lowest BCUT2D eigenvalue weighted by Gasteiger charge is -2.26. The number of hydrogen-bond acceptors (Lipinski definition) is 3. The minimum Gasteiger partial charge on any atom is -0.355 e. The summed E-state index contributed by atoms with van der Waals surface area (Å²) >= 11 is 0. The number of carbonyl (C=O) groups excluding carboxylic acids is 2. The average molecular weight is 154 g/mol. The van der Waals surface area contributed by atoms with Gasteiger partial charge in [0.15, 0.2) is 17.2 Å². The van der Waals surface area contributed by atoms with Gasteiger partial charge < -0.3 is 4.74 Å². The van der Waals surface area contributed by atoms with Crippen LogP contribution in [0.15, 0.2) is 12.2 Å². The first-order chi connectivity index (χ1) is 5.07. The lowest BCUT2D eigenvalue weighted by molar-refractivity contribution is -0.151. The Bertz CT molecular complexity index is 229. The molecule has 3 heteroatoms. The molecule has 0 aliphatic carbocycles. The van der Waals surface area contributed by atoms with E-state index in [9.17, 15) is 9.59 Å². The van der Waals surface area contributed by atoms with Crippen LogP contribution in [-0.4, -0.2) is 23.8 Å². The number of hydrogen-bond donors (Lipinski definition) is 0. The molecule has 0 spiro atoms. The van der Waals surface area contributed by atoms with Gasteiger partial charge in [0.1, 0.15) is 0 Å². The van der Waals surface area contributed by atoms with Crippen molar-refractivity contribution < 1.29 is 14.3 Å². The maximum Gasteiger partial charge on any atom is 0.194 e. The molecule has 0 aromatic rings. The third-order valence-corrected chi connectivity index (χ3v) is 1.88. The summed E-state index contributed by atoms with van der Waals surface area (Å²) in [5.74, 6) is -0.511. The molecule has 0 saturated carbocycles. The number of ketones is 2. The van der Waals surface area contributed by atoms with E-state index >= 15 is 0 Å². The molecule has 0 bridgehead atoms. The third-order valence-electron chi connectivity index (χ3n) is 1.88. The molecule has 0 amide bonds. The van der Waals surface area contributed by atoms with Crippen LogP contribution in [0.3, 0.4) is 0 Å². The predicted octanol–water partition coefficient (Wildman–Crippen LogP) is 0.490. The van der Waals surface area contributed by atoms with E-state index in [-0.39, 0.29) is 11.6 Å². The van der Waals surface area contributed by atoms with Gasteiger partial charge >= 0.3 is 0 Å². The fraction of sp³-hybridized carbons (Fsp3) is 0.500. The Kier molecular flexibility index (Phi) is 1.91. The molecule has 1 rings (SSSR count). The van der Waals surface area contributed by atoms with Crippen LogP contribution < -0.4 is 0 Å². The van der Waals surface area contributed by atoms with E-state index < -0.39 is 5.60 Å². The third kappa shape index (κ3) is 1.24. The molecule has 1 atom stereocenters. The maximum atomic E-state index is 11.1. The molecule has 0 aromatic heterocycles. The lowest BCUT2D eigenvalue weighted by atomic mass is 9.94. The van der Waals surface area contributed by atoms with Crippen molar-refractivity contribution in [2.24, 2.45) is 0 Å². The van der Waals surface area contributed by atoms with Crippen LogP contribution in [0.2, 0.25) is 0 Å². The molecule has 1 heterocycles. The van der Waals surface area contributed by atoms with Crippen molar-refractivity contribution in [2.45, 2.75) is 19.4 Å². The molecule has 0 saturated heterocycles. The first-order valence-corrected chi connectivity index (χ1v) is 3.43. The highest BCUT2D eigenvalue weighted by molar-refractivity contribution is 6.14. The Morgan fingerprint density at radius 1 is 1.73 bits per heavy atom. The lowest BCUT2D eigenvalue weighted by Crippen LogP contribution is -2.46. The SMILES string of the molecule is CC(=O)C1(C)OCC=CC1=O. The van der Waals surface area contributed by atoms with Crippen LogP contribution in [0.4, 0.5) is 0 Å². The monoisotopic (exact) mass is 154 g/mol. The van der Waals surface area contributed by atoms with Crippen LogP contribution in [-0.2, 0) is 14.3 Å². The number of rotatable bonds is 1. The minimum atomic E-state index is -1.23. The van der Waals surface area contributed by atoms with Gasteiger partial charge in [0.2, 0.25) is 0 Å². The smallest absolute Gasteiger partial charge is 0.194 e. The molecule has 3 nitrogen and oxygen atoms in total. The second-order valence-electron chi connectivity index (χ2n) is 2.67. The van der Waals surface area contributed by atoms with Gasteiger partial charge in [0.05, 0.1) is 6.61 Å². The van der Waals surface area contributed by atoms with Gasteiger partial charge in [0, 0.05) is 0 Å². The summed E-state index contributed by atoms with van der Waals surface area (Å²) in [5.41, 5.74) is -1.23. The molecule has 1 aliphatic rings. The summed E-state index contributed by atoms with van der Waals surface area (Å²) in [6.07, 6.45) is 3.00. The Morgan fingerprint density at radius 3 is 2.73 bits per heavy atom. The predicted molar refractivity (Wildman–Crippen MR) is 39.2 cm³/mol. The molecule has 11 heavy (non-hydrogen) atoms. The van der Waals surface area contributed by atoms with Crippen molar-refractivity contribution in [3.8, 4) is 0 Å². The van der Waals surface area contributed by atoms with E-state index in [0.717, 1.165) is 0 Å². The molecule has 0 fully saturated rings. The first kappa shape index (κ1) is 8.14. The molecule has 0 radical (unpaired) electrons. The Morgan fingerprint density at radius 2 is 2.36 bits per heavy atom. The van der Waals surface area contributed by atoms with E-state index in [1.54, 1.807) is 6.08 Å². The van der Waals surface area contributed by atoms with Crippen LogP contribution in [0.1, 0.15) is 13.8 Å². The Balaban J connectivity index is 2.94. The molecule has 1 unspecified atom stereocenters. The quantitative estimate of drug-likeness (QED) is 0.516. The summed E-state index contributed by atoms with van der Waals surface area (Å²) in [4.78, 5) is 22.1. The van der Waals surface area contributed by atoms with Gasteiger partial charge in [-0.2, -0.15) is 0 Å². The highest BCUT2D eigenvalue weighted by Gasteiger charge is 2.38. The van der Waals surface area contributed by atoms with Crippen LogP contribution in [0.25, 0.3) is 0 Å². The summed E-state index contributed by atoms with van der Waals surface area (Å²) < 4.78 is 5.05. The van der Waals surface area contributed by atoms with Crippen LogP contribution in [0, 0.1) is 0 Å². The zero-order chi connectivity index (χ0) is 8.48. The second-order valence-corrected chi connectivity index (χ2v) is 2.67. The van der Waals surface area contributed by atoms with Gasteiger partial charge in [-0.25, -0.2) is 0 Å². The number of ether oxygens (including phenoxy) is 1. The summed E-state index contributed by atoms with van der Waals surface area (Å²) in [7, 11) is 0. The summed E-state index contributed by atoms with van der Waals surface area (Å²) in [6, 6.07) is 0. The van der Waals surface area contributed by atoms with Gasteiger partial charge in [-0.15, -0.1) is 0 Å². The van der Waals surface area contributed by atoms with Crippen molar-refractivity contribution in [1.82, 2.24) is 0 Å². The van der Waals surface area contributed by atoms with Crippen molar-refractivity contribution in [3.05, 3.63) is 12.2 Å². The fourth-order valence-electron chi connectivity index (χ4n) is 0.875. The summed E-state index contributed by atoms with van der Waals surface area (Å²) in [6.45, 7) is 3.19. The fourth-order valence-corrected chi connectivity index (χ4v) is 0.875. The summed E-state index contributed by atoms with van der Waals surface area (Å²) in [5, 5.41) is 0. The van der Waals surface area contributed by atoms with Crippen molar-refractivity contribution in [1.29, 1.82) is 0 Å². The van der Waals surface area contributed by atoms with E-state index in [2.05, 4.69) is 0 Å². The maximum absolute atomic E-state index is 11.1. The van der Waals surface area contributed by atoms with Gasteiger partial charge in [-0.05, 0) is 19.9 Å². The molecular formula is C8H10O3. The molecule has 1 aliphatic heterocycles. The van der Waals surface area contributed by atoms with Crippen LogP contribution >= 0.6 is 0 Å². The van der Waals surface area contributed by atoms with E-state index in [1.807, 2.05) is 0 Å². The zero-order valence-corrected chi connectivity index (χ0v) is 6.59.